The molecule has 4 aromatic heterocycles. The summed E-state index contributed by atoms with van der Waals surface area (Å²) in [7, 11) is 0. The molecule has 4 amide bonds. The Balaban J connectivity index is 0.822. The summed E-state index contributed by atoms with van der Waals surface area (Å²) in [4.78, 5) is 77.5. The molecule has 0 spiro atoms. The Morgan fingerprint density at radius 2 is 1.45 bits per heavy atom. The summed E-state index contributed by atoms with van der Waals surface area (Å²) in [5, 5.41) is 6.40. The van der Waals surface area contributed by atoms with Crippen LogP contribution in [-0.4, -0.2) is 149 Å². The Morgan fingerprint density at radius 1 is 0.754 bits per heavy atom. The molecule has 5 fully saturated rings. The zero-order valence-corrected chi connectivity index (χ0v) is 39.1. The molecule has 0 radical (unpaired) electrons. The Labute approximate surface area is 397 Å². The van der Waals surface area contributed by atoms with E-state index < -0.39 is 41.6 Å². The average molecular weight is 954 g/mol. The molecule has 0 bridgehead atoms. The third kappa shape index (κ3) is 9.19. The zero-order valence-electron chi connectivity index (χ0n) is 39.1. The van der Waals surface area contributed by atoms with Crippen molar-refractivity contribution in [2.75, 3.05) is 52.4 Å². The quantitative estimate of drug-likeness (QED) is 0.157. The van der Waals surface area contributed by atoms with E-state index in [1.54, 1.807) is 62.0 Å². The van der Waals surface area contributed by atoms with E-state index in [9.17, 15) is 36.7 Å². The fourth-order valence-electron chi connectivity index (χ4n) is 11.8. The Bertz CT molecular complexity index is 2730. The summed E-state index contributed by atoms with van der Waals surface area (Å²) >= 11 is 0. The molecular weight excluding hydrogens is 895 g/mol. The van der Waals surface area contributed by atoms with Crippen LogP contribution in [0, 0.1) is 29.4 Å². The number of halogens is 4. The number of pyridine rings is 1. The number of alkyl halides is 2. The molecule has 4 aliphatic heterocycles. The molecule has 1 unspecified atom stereocenters. The molecule has 19 heteroatoms. The van der Waals surface area contributed by atoms with Crippen LogP contribution in [0.3, 0.4) is 0 Å². The van der Waals surface area contributed by atoms with Gasteiger partial charge in [-0.2, -0.15) is 0 Å². The normalized spacial score (nSPS) is 25.4. The van der Waals surface area contributed by atoms with Crippen molar-refractivity contribution in [2.24, 2.45) is 17.8 Å². The van der Waals surface area contributed by atoms with Gasteiger partial charge in [0.05, 0.1) is 71.7 Å². The third-order valence-electron chi connectivity index (χ3n) is 15.7. The van der Waals surface area contributed by atoms with Gasteiger partial charge in [0.15, 0.2) is 0 Å². The molecule has 1 aromatic carbocycles. The van der Waals surface area contributed by atoms with Gasteiger partial charge in [0.2, 0.25) is 17.7 Å². The number of hydrogen-bond acceptors (Lipinski definition) is 9. The van der Waals surface area contributed by atoms with Crippen molar-refractivity contribution in [2.45, 2.75) is 101 Å². The molecule has 1 aliphatic carbocycles. The standard InChI is InChI=1S/C50H59F4N11O4/c1-29(2)45(60-11-5-12-60)47(67)59-39-26-63(15-8-36(39)32-16-34(51)18-35(52)17-32)49(69)43-23-57-44(42-22-56-28-65(42)43)31-7-13-61(24-31)30(3)46(66)58-40-25-62(14-9-37(40)33-19-50(53,54)20-33)48(68)38-6-4-10-64-27-55-21-41(38)64/h4,6,10,16-18,21-23,27-31,33,36-37,39-40,45H,5,7-9,11-15,19-20,24-26H2,1-3H3,(H,58,66)(H,59,67)/t30-,31?,36+,37+,39-,40-,45-/m1/s1. The predicted molar refractivity (Wildman–Crippen MR) is 247 cm³/mol. The SMILES string of the molecule is CC(C)[C@H](C(=O)N[C@@H]1CN(C(=O)c2cnc(C3CCN([C@H](C)C(=O)N[C@@H]4CN(C(=O)c5cccn6cncc56)CC[C@H]4C4CC(F)(F)C4)C3)c3cncn23)CC[C@H]1c1cc(F)cc(F)c1)N1CCC1. The molecule has 4 saturated heterocycles. The van der Waals surface area contributed by atoms with Crippen molar-refractivity contribution in [3.05, 3.63) is 102 Å². The Kier molecular flexibility index (Phi) is 12.7. The molecule has 69 heavy (non-hydrogen) atoms. The van der Waals surface area contributed by atoms with Crippen LogP contribution in [-0.2, 0) is 9.59 Å². The number of imidazole rings is 2. The zero-order chi connectivity index (χ0) is 48.3. The number of amides is 4. The van der Waals surface area contributed by atoms with Gasteiger partial charge in [0.25, 0.3) is 11.8 Å². The van der Waals surface area contributed by atoms with Gasteiger partial charge in [-0.05, 0) is 86.7 Å². The molecule has 5 aliphatic rings. The summed E-state index contributed by atoms with van der Waals surface area (Å²) in [5.74, 6) is -6.07. The van der Waals surface area contributed by atoms with Gasteiger partial charge in [-0.15, -0.1) is 0 Å². The Morgan fingerprint density at radius 3 is 2.17 bits per heavy atom. The van der Waals surface area contributed by atoms with Crippen LogP contribution in [0.25, 0.3) is 11.0 Å². The van der Waals surface area contributed by atoms with E-state index >= 15 is 0 Å². The Hall–Kier alpha value is -5.95. The molecule has 7 atom stereocenters. The first-order valence-electron chi connectivity index (χ1n) is 24.3. The summed E-state index contributed by atoms with van der Waals surface area (Å²) in [6.45, 7) is 9.49. The van der Waals surface area contributed by atoms with Crippen molar-refractivity contribution in [3.63, 3.8) is 0 Å². The highest BCUT2D eigenvalue weighted by Gasteiger charge is 2.52. The fourth-order valence-corrected chi connectivity index (χ4v) is 11.8. The van der Waals surface area contributed by atoms with Gasteiger partial charge in [-0.3, -0.25) is 38.4 Å². The molecule has 5 aromatic rings. The first kappa shape index (κ1) is 46.8. The minimum atomic E-state index is -2.72. The maximum absolute atomic E-state index is 14.5. The van der Waals surface area contributed by atoms with Gasteiger partial charge in [0.1, 0.15) is 17.3 Å². The van der Waals surface area contributed by atoms with Crippen LogP contribution in [0.15, 0.2) is 67.8 Å². The predicted octanol–water partition coefficient (Wildman–Crippen LogP) is 5.37. The van der Waals surface area contributed by atoms with E-state index in [-0.39, 0.29) is 91.5 Å². The highest BCUT2D eigenvalue weighted by molar-refractivity contribution is 6.00. The molecule has 1 saturated carbocycles. The smallest absolute Gasteiger partial charge is 0.272 e. The maximum atomic E-state index is 14.5. The second-order valence-corrected chi connectivity index (χ2v) is 20.3. The average Bonchev–Trinajstić information content (AvgIpc) is 4.10. The minimum Gasteiger partial charge on any atom is -0.350 e. The van der Waals surface area contributed by atoms with Crippen molar-refractivity contribution >= 4 is 34.7 Å². The number of hydrogen-bond donors (Lipinski definition) is 2. The number of fused-ring (bicyclic) bond motifs is 2. The van der Waals surface area contributed by atoms with Crippen molar-refractivity contribution in [1.82, 2.24) is 54.0 Å². The molecule has 366 valence electrons. The molecule has 15 nitrogen and oxygen atoms in total. The summed E-state index contributed by atoms with van der Waals surface area (Å²) in [6, 6.07) is 4.86. The lowest BCUT2D eigenvalue weighted by atomic mass is 9.68. The molecule has 8 heterocycles. The van der Waals surface area contributed by atoms with Crippen LogP contribution in [0.1, 0.15) is 103 Å². The van der Waals surface area contributed by atoms with E-state index in [2.05, 4.69) is 30.4 Å². The highest BCUT2D eigenvalue weighted by Crippen LogP contribution is 2.49. The number of benzene rings is 1. The highest BCUT2D eigenvalue weighted by atomic mass is 19.3. The maximum Gasteiger partial charge on any atom is 0.272 e. The molecule has 2 N–H and O–H groups in total. The van der Waals surface area contributed by atoms with Crippen molar-refractivity contribution in [3.8, 4) is 0 Å². The lowest BCUT2D eigenvalue weighted by Crippen LogP contribution is -2.60. The van der Waals surface area contributed by atoms with E-state index in [1.165, 1.54) is 12.1 Å². The van der Waals surface area contributed by atoms with Crippen LogP contribution in [0.4, 0.5) is 17.6 Å². The van der Waals surface area contributed by atoms with Crippen LogP contribution in [0.5, 0.6) is 0 Å². The van der Waals surface area contributed by atoms with Crippen molar-refractivity contribution in [1.29, 1.82) is 0 Å². The third-order valence-corrected chi connectivity index (χ3v) is 15.7. The number of nitrogens with zero attached hydrogens (tertiary/aromatic N) is 9. The molecular formula is C50H59F4N11O4. The van der Waals surface area contributed by atoms with Crippen LogP contribution < -0.4 is 10.6 Å². The van der Waals surface area contributed by atoms with Crippen LogP contribution in [0.2, 0.25) is 0 Å². The van der Waals surface area contributed by atoms with Gasteiger partial charge >= 0.3 is 0 Å². The number of rotatable bonds is 12. The van der Waals surface area contributed by atoms with E-state index in [1.807, 2.05) is 27.0 Å². The molecule has 10 rings (SSSR count). The van der Waals surface area contributed by atoms with E-state index in [0.29, 0.717) is 61.1 Å². The second-order valence-electron chi connectivity index (χ2n) is 20.3. The second kappa shape index (κ2) is 18.8. The number of likely N-dealkylation sites (tertiary alicyclic amines) is 4. The monoisotopic (exact) mass is 953 g/mol. The van der Waals surface area contributed by atoms with Gasteiger partial charge < -0.3 is 24.8 Å². The van der Waals surface area contributed by atoms with E-state index in [4.69, 9.17) is 4.98 Å². The minimum absolute atomic E-state index is 0.0233. The van der Waals surface area contributed by atoms with Crippen molar-refractivity contribution < 1.29 is 36.7 Å². The lowest BCUT2D eigenvalue weighted by Gasteiger charge is -2.48. The number of nitrogens with one attached hydrogen (secondary N) is 2. The number of carbonyl (C=O) groups is 4. The number of aromatic nitrogens is 5. The summed E-state index contributed by atoms with van der Waals surface area (Å²) in [5.41, 5.74) is 3.21. The van der Waals surface area contributed by atoms with E-state index in [0.717, 1.165) is 31.3 Å². The lowest BCUT2D eigenvalue weighted by molar-refractivity contribution is -0.139. The van der Waals surface area contributed by atoms with Gasteiger partial charge in [-0.25, -0.2) is 27.5 Å². The number of carbonyl (C=O) groups excluding carboxylic acids is 4. The first-order chi connectivity index (χ1) is 33.1. The van der Waals surface area contributed by atoms with Crippen LogP contribution >= 0.6 is 0 Å². The number of piperidine rings is 2. The largest absolute Gasteiger partial charge is 0.350 e. The summed E-state index contributed by atoms with van der Waals surface area (Å²) < 4.78 is 61.0. The van der Waals surface area contributed by atoms with Gasteiger partial charge in [-0.1, -0.05) is 13.8 Å². The topological polar surface area (TPSA) is 153 Å². The summed E-state index contributed by atoms with van der Waals surface area (Å²) in [6.07, 6.45) is 11.9. The fraction of sp³-hybridized carbons (Fsp3) is 0.540. The van der Waals surface area contributed by atoms with Gasteiger partial charge in [0, 0.05) is 88.8 Å². The first-order valence-corrected chi connectivity index (χ1v) is 24.3.